The van der Waals surface area contributed by atoms with Gasteiger partial charge in [-0.2, -0.15) is 8.42 Å². The zero-order valence-electron chi connectivity index (χ0n) is 24.5. The molecule has 0 bridgehead atoms. The maximum Gasteiger partial charge on any atom is 0.332 e. The number of imidazole rings is 1. The van der Waals surface area contributed by atoms with Crippen LogP contribution in [0.4, 0.5) is 0 Å². The van der Waals surface area contributed by atoms with E-state index in [0.717, 1.165) is 31.2 Å². The lowest BCUT2D eigenvalue weighted by molar-refractivity contribution is -0.156. The minimum atomic E-state index is -3.96. The van der Waals surface area contributed by atoms with Crippen molar-refractivity contribution in [2.75, 3.05) is 6.61 Å². The molecule has 11 nitrogen and oxygen atoms in total. The third kappa shape index (κ3) is 6.64. The fourth-order valence-corrected chi connectivity index (χ4v) is 6.00. The fraction of sp³-hybridized carbons (Fsp3) is 0.586. The number of aromatic nitrogens is 4. The molecule has 0 atom stereocenters. The average Bonchev–Trinajstić information content (AvgIpc) is 3.57. The summed E-state index contributed by atoms with van der Waals surface area (Å²) in [4.78, 5) is 44.7. The van der Waals surface area contributed by atoms with Crippen LogP contribution >= 0.6 is 0 Å². The molecular weight excluding hydrogens is 548 g/mol. The van der Waals surface area contributed by atoms with Crippen LogP contribution in [0.25, 0.3) is 11.2 Å². The Hall–Kier alpha value is -3.25. The summed E-state index contributed by atoms with van der Waals surface area (Å²) in [6, 6.07) is 6.37. The van der Waals surface area contributed by atoms with Crippen LogP contribution in [0.3, 0.4) is 0 Å². The van der Waals surface area contributed by atoms with Gasteiger partial charge < -0.3 is 4.74 Å². The average molecular weight is 589 g/mol. The summed E-state index contributed by atoms with van der Waals surface area (Å²) in [5.41, 5.74) is -0.380. The summed E-state index contributed by atoms with van der Waals surface area (Å²) >= 11 is 0. The largest absolute Gasteiger partial charge is 0.443 e. The van der Waals surface area contributed by atoms with Gasteiger partial charge in [0.1, 0.15) is 5.82 Å². The standard InChI is InChI=1S/C29H40N4O7S/c1-6-16-32-26(34)23-25(30-24(21-10-7-8-11-21)33(23)19-39-27(35)29(3,4)5)31(28(32)36)17-9-18-40-41(37,38)22-14-12-20(2)13-15-22/h12-15,21H,6-11,16-19H2,1-5H3. The third-order valence-corrected chi connectivity index (χ3v) is 8.65. The first-order valence-corrected chi connectivity index (χ1v) is 15.6. The molecule has 0 N–H and O–H groups in total. The number of fused-ring (bicyclic) bond motifs is 1. The van der Waals surface area contributed by atoms with Gasteiger partial charge in [0.15, 0.2) is 17.9 Å². The SMILES string of the molecule is CCCn1c(=O)c2c(nc(C3CCCC3)n2COC(=O)C(C)(C)C)n(CCCOS(=O)(=O)c2ccc(C)cc2)c1=O. The number of carbonyl (C=O) groups is 1. The van der Waals surface area contributed by atoms with E-state index < -0.39 is 32.8 Å². The van der Waals surface area contributed by atoms with Crippen molar-refractivity contribution < 1.29 is 22.1 Å². The highest BCUT2D eigenvalue weighted by Crippen LogP contribution is 2.35. The summed E-state index contributed by atoms with van der Waals surface area (Å²) in [5, 5.41) is 0. The molecule has 2 aromatic heterocycles. The predicted octanol–water partition coefficient (Wildman–Crippen LogP) is 4.08. The molecule has 2 heterocycles. The number of carbonyl (C=O) groups excluding carboxylic acids is 1. The van der Waals surface area contributed by atoms with E-state index in [1.807, 2.05) is 13.8 Å². The highest BCUT2D eigenvalue weighted by molar-refractivity contribution is 7.86. The molecule has 3 aromatic rings. The molecule has 0 unspecified atom stereocenters. The van der Waals surface area contributed by atoms with Crippen molar-refractivity contribution in [3.8, 4) is 0 Å². The van der Waals surface area contributed by atoms with Crippen LogP contribution in [0, 0.1) is 12.3 Å². The number of hydrogen-bond donors (Lipinski definition) is 0. The van der Waals surface area contributed by atoms with Crippen LogP contribution in [-0.4, -0.2) is 39.7 Å². The van der Waals surface area contributed by atoms with Crippen LogP contribution in [0.1, 0.15) is 83.5 Å². The third-order valence-electron chi connectivity index (χ3n) is 7.32. The van der Waals surface area contributed by atoms with Crippen LogP contribution < -0.4 is 11.2 Å². The smallest absolute Gasteiger partial charge is 0.332 e. The number of nitrogens with zero attached hydrogens (tertiary/aromatic N) is 4. The second kappa shape index (κ2) is 12.3. The van der Waals surface area contributed by atoms with E-state index in [9.17, 15) is 22.8 Å². The molecule has 0 amide bonds. The summed E-state index contributed by atoms with van der Waals surface area (Å²) in [7, 11) is -3.96. The first kappa shape index (κ1) is 30.7. The Labute approximate surface area is 240 Å². The van der Waals surface area contributed by atoms with E-state index in [1.54, 1.807) is 37.5 Å². The van der Waals surface area contributed by atoms with Crippen molar-refractivity contribution >= 4 is 27.3 Å². The molecule has 41 heavy (non-hydrogen) atoms. The van der Waals surface area contributed by atoms with Crippen LogP contribution in [-0.2, 0) is 43.7 Å². The number of hydrogen-bond acceptors (Lipinski definition) is 8. The number of esters is 1. The van der Waals surface area contributed by atoms with Gasteiger partial charge in [-0.15, -0.1) is 0 Å². The van der Waals surface area contributed by atoms with Crippen molar-refractivity contribution in [1.29, 1.82) is 0 Å². The minimum Gasteiger partial charge on any atom is -0.443 e. The van der Waals surface area contributed by atoms with Gasteiger partial charge in [0.2, 0.25) is 0 Å². The molecule has 1 aliphatic carbocycles. The van der Waals surface area contributed by atoms with Crippen molar-refractivity contribution in [2.24, 2.45) is 5.41 Å². The summed E-state index contributed by atoms with van der Waals surface area (Å²) < 4.78 is 40.3. The summed E-state index contributed by atoms with van der Waals surface area (Å²) in [5.74, 6) is 0.282. The Balaban J connectivity index is 1.70. The van der Waals surface area contributed by atoms with E-state index in [0.29, 0.717) is 12.2 Å². The molecule has 224 valence electrons. The number of ether oxygens (including phenoxy) is 1. The lowest BCUT2D eigenvalue weighted by Crippen LogP contribution is -2.41. The Morgan fingerprint density at radius 2 is 1.68 bits per heavy atom. The Kier molecular flexibility index (Phi) is 9.22. The van der Waals surface area contributed by atoms with Crippen LogP contribution in [0.2, 0.25) is 0 Å². The van der Waals surface area contributed by atoms with E-state index in [1.165, 1.54) is 21.3 Å². The van der Waals surface area contributed by atoms with Gasteiger partial charge >= 0.3 is 11.7 Å². The molecule has 0 aliphatic heterocycles. The molecule has 1 aromatic carbocycles. The number of aryl methyl sites for hydroxylation is 2. The van der Waals surface area contributed by atoms with E-state index in [2.05, 4.69) is 0 Å². The van der Waals surface area contributed by atoms with Gasteiger partial charge in [-0.1, -0.05) is 37.5 Å². The molecule has 1 fully saturated rings. The zero-order valence-corrected chi connectivity index (χ0v) is 25.3. The van der Waals surface area contributed by atoms with Gasteiger partial charge in [-0.05, 0) is 65.5 Å². The Morgan fingerprint density at radius 3 is 2.29 bits per heavy atom. The second-order valence-corrected chi connectivity index (χ2v) is 13.3. The monoisotopic (exact) mass is 588 g/mol. The van der Waals surface area contributed by atoms with Gasteiger partial charge in [-0.3, -0.25) is 27.5 Å². The normalized spacial score (nSPS) is 14.7. The van der Waals surface area contributed by atoms with E-state index in [-0.39, 0.29) is 54.8 Å². The number of benzene rings is 1. The predicted molar refractivity (Wildman–Crippen MR) is 154 cm³/mol. The van der Waals surface area contributed by atoms with Gasteiger partial charge in [0.05, 0.1) is 16.9 Å². The van der Waals surface area contributed by atoms with Crippen molar-refractivity contribution in [2.45, 2.75) is 104 Å². The van der Waals surface area contributed by atoms with Crippen LogP contribution in [0.5, 0.6) is 0 Å². The highest BCUT2D eigenvalue weighted by Gasteiger charge is 2.30. The first-order chi connectivity index (χ1) is 19.3. The van der Waals surface area contributed by atoms with Crippen LogP contribution in [0.15, 0.2) is 38.8 Å². The molecule has 12 heteroatoms. The lowest BCUT2D eigenvalue weighted by atomic mass is 9.98. The summed E-state index contributed by atoms with van der Waals surface area (Å²) in [6.45, 7) is 8.96. The molecule has 0 spiro atoms. The fourth-order valence-electron chi connectivity index (χ4n) is 5.06. The van der Waals surface area contributed by atoms with Crippen molar-refractivity contribution in [1.82, 2.24) is 18.7 Å². The van der Waals surface area contributed by atoms with E-state index in [4.69, 9.17) is 13.9 Å². The van der Waals surface area contributed by atoms with E-state index >= 15 is 0 Å². The molecule has 0 saturated heterocycles. The first-order valence-electron chi connectivity index (χ1n) is 14.2. The van der Waals surface area contributed by atoms with Crippen molar-refractivity contribution in [3.63, 3.8) is 0 Å². The summed E-state index contributed by atoms with van der Waals surface area (Å²) in [6.07, 6.45) is 4.56. The van der Waals surface area contributed by atoms with Crippen molar-refractivity contribution in [3.05, 3.63) is 56.5 Å². The molecule has 0 radical (unpaired) electrons. The quantitative estimate of drug-likeness (QED) is 0.186. The topological polar surface area (TPSA) is 131 Å². The maximum atomic E-state index is 13.7. The van der Waals surface area contributed by atoms with Gasteiger partial charge in [-0.25, -0.2) is 9.78 Å². The van der Waals surface area contributed by atoms with Gasteiger partial charge in [0.25, 0.3) is 15.7 Å². The molecule has 1 aliphatic rings. The molecule has 4 rings (SSSR count). The zero-order chi connectivity index (χ0) is 29.9. The second-order valence-electron chi connectivity index (χ2n) is 11.7. The highest BCUT2D eigenvalue weighted by atomic mass is 32.2. The maximum absolute atomic E-state index is 13.7. The molecule has 1 saturated carbocycles. The Morgan fingerprint density at radius 1 is 1.02 bits per heavy atom. The lowest BCUT2D eigenvalue weighted by Gasteiger charge is -2.19. The molecular formula is C29H40N4O7S. The minimum absolute atomic E-state index is 0.0592. The van der Waals surface area contributed by atoms with Gasteiger partial charge in [0, 0.05) is 19.0 Å². The Bertz CT molecular complexity index is 1620. The number of rotatable bonds is 11.